The summed E-state index contributed by atoms with van der Waals surface area (Å²) in [4.78, 5) is 22.5. The minimum Gasteiger partial charge on any atom is -0.334 e. The molecule has 5 nitrogen and oxygen atoms in total. The van der Waals surface area contributed by atoms with E-state index in [2.05, 4.69) is 40.6 Å². The fourth-order valence-corrected chi connectivity index (χ4v) is 4.09. The number of nitrogens with zero attached hydrogens (tertiary/aromatic N) is 4. The summed E-state index contributed by atoms with van der Waals surface area (Å²) in [6.45, 7) is 2.31. The topological polar surface area (TPSA) is 40.8 Å². The zero-order valence-corrected chi connectivity index (χ0v) is 15.6. The predicted octanol–water partition coefficient (Wildman–Crippen LogP) is 3.34. The lowest BCUT2D eigenvalue weighted by molar-refractivity contribution is 0.0543. The lowest BCUT2D eigenvalue weighted by atomic mass is 10.0. The van der Waals surface area contributed by atoms with Gasteiger partial charge < -0.3 is 9.30 Å². The molecule has 1 aromatic carbocycles. The third-order valence-corrected chi connectivity index (χ3v) is 5.84. The predicted molar refractivity (Wildman–Crippen MR) is 105 cm³/mol. The van der Waals surface area contributed by atoms with Gasteiger partial charge in [0.1, 0.15) is 5.82 Å². The molecule has 0 radical (unpaired) electrons. The van der Waals surface area contributed by atoms with E-state index in [9.17, 15) is 4.79 Å². The van der Waals surface area contributed by atoms with Crippen LogP contribution in [0.15, 0.2) is 54.7 Å². The number of pyridine rings is 1. The summed E-state index contributed by atoms with van der Waals surface area (Å²) in [6.07, 6.45) is 4.38. The van der Waals surface area contributed by atoms with Crippen LogP contribution in [0.1, 0.15) is 46.7 Å². The monoisotopic (exact) mass is 360 g/mol. The van der Waals surface area contributed by atoms with Crippen LogP contribution in [0.3, 0.4) is 0 Å². The van der Waals surface area contributed by atoms with Crippen LogP contribution in [0.25, 0.3) is 5.52 Å². The second kappa shape index (κ2) is 6.50. The van der Waals surface area contributed by atoms with E-state index in [1.54, 1.807) is 0 Å². The molecular weight excluding hydrogens is 336 g/mol. The molecule has 1 aliphatic carbocycles. The van der Waals surface area contributed by atoms with E-state index in [1.165, 1.54) is 18.4 Å². The largest absolute Gasteiger partial charge is 0.334 e. The number of hydrogen-bond donors (Lipinski definition) is 0. The fraction of sp³-hybridized carbons (Fsp3) is 0.364. The van der Waals surface area contributed by atoms with Crippen molar-refractivity contribution in [2.75, 3.05) is 26.7 Å². The highest BCUT2D eigenvalue weighted by atomic mass is 16.2. The molecule has 2 aromatic heterocycles. The van der Waals surface area contributed by atoms with Gasteiger partial charge in [-0.2, -0.15) is 0 Å². The van der Waals surface area contributed by atoms with Crippen LogP contribution < -0.4 is 0 Å². The highest BCUT2D eigenvalue weighted by Crippen LogP contribution is 2.40. The van der Waals surface area contributed by atoms with Crippen molar-refractivity contribution < 1.29 is 4.79 Å². The molecule has 2 fully saturated rings. The van der Waals surface area contributed by atoms with Crippen LogP contribution in [0.4, 0.5) is 0 Å². The third-order valence-electron chi connectivity index (χ3n) is 5.84. The van der Waals surface area contributed by atoms with E-state index in [0.29, 0.717) is 18.2 Å². The molecule has 3 aromatic rings. The molecule has 138 valence electrons. The first kappa shape index (κ1) is 16.5. The minimum absolute atomic E-state index is 0.0552. The van der Waals surface area contributed by atoms with E-state index < -0.39 is 0 Å². The molecule has 5 rings (SSSR count). The molecule has 1 aliphatic heterocycles. The summed E-state index contributed by atoms with van der Waals surface area (Å²) < 4.78 is 2.11. The number of likely N-dealkylation sites (N-methyl/N-ethyl adjacent to an activating group) is 1. The minimum atomic E-state index is 0.0552. The maximum atomic E-state index is 13.4. The molecule has 0 bridgehead atoms. The highest BCUT2D eigenvalue weighted by molar-refractivity contribution is 5.99. The van der Waals surface area contributed by atoms with Crippen molar-refractivity contribution in [1.29, 1.82) is 0 Å². The third kappa shape index (κ3) is 2.92. The van der Waals surface area contributed by atoms with Gasteiger partial charge in [0.15, 0.2) is 5.69 Å². The van der Waals surface area contributed by atoms with Crippen molar-refractivity contribution in [3.63, 3.8) is 0 Å². The van der Waals surface area contributed by atoms with E-state index >= 15 is 0 Å². The summed E-state index contributed by atoms with van der Waals surface area (Å²) in [7, 11) is 2.14. The number of imidazole rings is 1. The van der Waals surface area contributed by atoms with Crippen molar-refractivity contribution in [2.45, 2.75) is 24.8 Å². The number of rotatable bonds is 3. The molecule has 1 saturated carbocycles. The summed E-state index contributed by atoms with van der Waals surface area (Å²) in [6, 6.07) is 16.7. The smallest absolute Gasteiger partial charge is 0.274 e. The Labute approximate surface area is 159 Å². The number of carbonyl (C=O) groups is 1. The van der Waals surface area contributed by atoms with Gasteiger partial charge in [0.2, 0.25) is 0 Å². The van der Waals surface area contributed by atoms with Crippen LogP contribution >= 0.6 is 0 Å². The van der Waals surface area contributed by atoms with Gasteiger partial charge in [0.25, 0.3) is 5.91 Å². The number of piperazine rings is 1. The maximum absolute atomic E-state index is 13.4. The number of benzene rings is 1. The van der Waals surface area contributed by atoms with Crippen LogP contribution in [0, 0.1) is 0 Å². The zero-order chi connectivity index (χ0) is 18.4. The van der Waals surface area contributed by atoms with Crippen LogP contribution in [0.5, 0.6) is 0 Å². The SMILES string of the molecule is CN1CCN(C(=O)c2nc(C3CC3)n3ccccc23)CC1c1ccccc1. The summed E-state index contributed by atoms with van der Waals surface area (Å²) >= 11 is 0. The van der Waals surface area contributed by atoms with Crippen LogP contribution in [0.2, 0.25) is 0 Å². The molecule has 0 N–H and O–H groups in total. The quantitative estimate of drug-likeness (QED) is 0.719. The first-order valence-corrected chi connectivity index (χ1v) is 9.74. The van der Waals surface area contributed by atoms with Gasteiger partial charge in [-0.1, -0.05) is 36.4 Å². The standard InChI is InChI=1S/C22H24N4O/c1-24-13-14-25(15-19(24)16-7-3-2-4-8-16)22(27)20-18-9-5-6-12-26(18)21(23-20)17-10-11-17/h2-9,12,17,19H,10-11,13-15H2,1H3. The van der Waals surface area contributed by atoms with E-state index in [4.69, 9.17) is 4.98 Å². The number of hydrogen-bond acceptors (Lipinski definition) is 3. The first-order chi connectivity index (χ1) is 13.2. The van der Waals surface area contributed by atoms with Gasteiger partial charge in [-0.25, -0.2) is 4.98 Å². The van der Waals surface area contributed by atoms with E-state index in [-0.39, 0.29) is 11.9 Å². The summed E-state index contributed by atoms with van der Waals surface area (Å²) in [5.41, 5.74) is 2.79. The molecule has 5 heteroatoms. The van der Waals surface area contributed by atoms with Crippen molar-refractivity contribution in [2.24, 2.45) is 0 Å². The number of aromatic nitrogens is 2. The Bertz CT molecular complexity index is 976. The van der Waals surface area contributed by atoms with Crippen molar-refractivity contribution in [3.05, 3.63) is 71.8 Å². The molecular formula is C22H24N4O. The molecule has 3 heterocycles. The molecule has 27 heavy (non-hydrogen) atoms. The van der Waals surface area contributed by atoms with Crippen LogP contribution in [-0.2, 0) is 0 Å². The average Bonchev–Trinajstić information content (AvgIpc) is 3.49. The molecule has 2 aliphatic rings. The van der Waals surface area contributed by atoms with Crippen molar-refractivity contribution >= 4 is 11.4 Å². The Balaban J connectivity index is 1.47. The normalized spacial score (nSPS) is 20.9. The zero-order valence-electron chi connectivity index (χ0n) is 15.6. The Hall–Kier alpha value is -2.66. The summed E-state index contributed by atoms with van der Waals surface area (Å²) in [5.74, 6) is 1.60. The molecule has 1 atom stereocenters. The van der Waals surface area contributed by atoms with Crippen molar-refractivity contribution in [3.8, 4) is 0 Å². The lowest BCUT2D eigenvalue weighted by Crippen LogP contribution is -2.49. The van der Waals surface area contributed by atoms with Gasteiger partial charge in [0.05, 0.1) is 11.6 Å². The second-order valence-corrected chi connectivity index (χ2v) is 7.71. The van der Waals surface area contributed by atoms with Gasteiger partial charge in [-0.05, 0) is 37.6 Å². The Morgan fingerprint density at radius 1 is 1.04 bits per heavy atom. The average molecular weight is 360 g/mol. The number of carbonyl (C=O) groups excluding carboxylic acids is 1. The van der Waals surface area contributed by atoms with Crippen LogP contribution in [-0.4, -0.2) is 51.8 Å². The Morgan fingerprint density at radius 3 is 2.59 bits per heavy atom. The van der Waals surface area contributed by atoms with E-state index in [0.717, 1.165) is 24.4 Å². The number of amides is 1. The number of fused-ring (bicyclic) bond motifs is 1. The van der Waals surface area contributed by atoms with Gasteiger partial charge in [-0.15, -0.1) is 0 Å². The Morgan fingerprint density at radius 2 is 1.81 bits per heavy atom. The maximum Gasteiger partial charge on any atom is 0.274 e. The second-order valence-electron chi connectivity index (χ2n) is 7.71. The van der Waals surface area contributed by atoms with Gasteiger partial charge in [-0.3, -0.25) is 9.69 Å². The van der Waals surface area contributed by atoms with E-state index in [1.807, 2.05) is 35.4 Å². The molecule has 0 spiro atoms. The fourth-order valence-electron chi connectivity index (χ4n) is 4.09. The molecule has 1 amide bonds. The van der Waals surface area contributed by atoms with Gasteiger partial charge in [0, 0.05) is 31.7 Å². The summed E-state index contributed by atoms with van der Waals surface area (Å²) in [5, 5.41) is 0. The molecule has 1 saturated heterocycles. The van der Waals surface area contributed by atoms with Crippen molar-refractivity contribution in [1.82, 2.24) is 19.2 Å². The Kier molecular flexibility index (Phi) is 3.97. The lowest BCUT2D eigenvalue weighted by Gasteiger charge is -2.39. The molecule has 1 unspecified atom stereocenters. The van der Waals surface area contributed by atoms with Gasteiger partial charge >= 0.3 is 0 Å². The highest BCUT2D eigenvalue weighted by Gasteiger charge is 2.34. The first-order valence-electron chi connectivity index (χ1n) is 9.74.